The Morgan fingerprint density at radius 1 is 1.28 bits per heavy atom. The average molecular weight is 252 g/mol. The maximum Gasteiger partial charge on any atom is 0.227 e. The fourth-order valence-electron chi connectivity index (χ4n) is 3.72. The number of hydrogen-bond acceptors (Lipinski definition) is 3. The Bertz CT molecular complexity index is 317. The van der Waals surface area contributed by atoms with Gasteiger partial charge in [0.05, 0.1) is 5.92 Å². The van der Waals surface area contributed by atoms with Crippen LogP contribution >= 0.6 is 0 Å². The molecular weight excluding hydrogens is 228 g/mol. The molecule has 4 nitrogen and oxygen atoms in total. The van der Waals surface area contributed by atoms with Gasteiger partial charge in [0.25, 0.3) is 0 Å². The molecule has 1 amide bonds. The number of aliphatic hydroxyl groups is 1. The molecule has 3 aliphatic rings. The van der Waals surface area contributed by atoms with Gasteiger partial charge in [0.1, 0.15) is 0 Å². The first-order chi connectivity index (χ1) is 8.79. The van der Waals surface area contributed by atoms with Crippen LogP contribution in [-0.2, 0) is 4.79 Å². The Morgan fingerprint density at radius 2 is 2.11 bits per heavy atom. The third-order valence-electron chi connectivity index (χ3n) is 4.97. The lowest BCUT2D eigenvalue weighted by Gasteiger charge is -2.40. The number of nitrogens with zero attached hydrogens (tertiary/aromatic N) is 1. The number of amides is 1. The summed E-state index contributed by atoms with van der Waals surface area (Å²) in [6.45, 7) is 0.930. The molecule has 1 aliphatic carbocycles. The molecule has 0 radical (unpaired) electrons. The van der Waals surface area contributed by atoms with Crippen molar-refractivity contribution in [3.05, 3.63) is 0 Å². The number of fused-ring (bicyclic) bond motifs is 2. The topological polar surface area (TPSA) is 52.6 Å². The molecule has 3 unspecified atom stereocenters. The molecule has 0 aromatic heterocycles. The van der Waals surface area contributed by atoms with Crippen molar-refractivity contribution < 1.29 is 9.90 Å². The van der Waals surface area contributed by atoms with Crippen LogP contribution in [0.5, 0.6) is 0 Å². The summed E-state index contributed by atoms with van der Waals surface area (Å²) in [5.41, 5.74) is 0. The predicted molar refractivity (Wildman–Crippen MR) is 69.1 cm³/mol. The Balaban J connectivity index is 1.63. The zero-order valence-corrected chi connectivity index (χ0v) is 11.0. The van der Waals surface area contributed by atoms with Crippen LogP contribution in [0, 0.1) is 5.92 Å². The lowest BCUT2D eigenvalue weighted by Crippen LogP contribution is -2.49. The summed E-state index contributed by atoms with van der Waals surface area (Å²) < 4.78 is 0. The van der Waals surface area contributed by atoms with E-state index in [0.717, 1.165) is 32.2 Å². The number of rotatable bonds is 5. The molecule has 4 heteroatoms. The van der Waals surface area contributed by atoms with Crippen LogP contribution in [0.25, 0.3) is 0 Å². The second-order valence-corrected chi connectivity index (χ2v) is 6.08. The summed E-state index contributed by atoms with van der Waals surface area (Å²) in [5.74, 6) is 0.566. The van der Waals surface area contributed by atoms with Crippen molar-refractivity contribution in [3.8, 4) is 0 Å². The maximum absolute atomic E-state index is 12.7. The molecule has 2 aliphatic heterocycles. The van der Waals surface area contributed by atoms with Crippen LogP contribution in [0.4, 0.5) is 0 Å². The predicted octanol–water partition coefficient (Wildman–Crippen LogP) is 0.890. The summed E-state index contributed by atoms with van der Waals surface area (Å²) in [7, 11) is 0. The molecule has 3 fully saturated rings. The Morgan fingerprint density at radius 3 is 2.61 bits per heavy atom. The van der Waals surface area contributed by atoms with E-state index in [1.807, 2.05) is 0 Å². The van der Waals surface area contributed by atoms with E-state index in [1.165, 1.54) is 19.3 Å². The first-order valence-corrected chi connectivity index (χ1v) is 7.47. The van der Waals surface area contributed by atoms with Gasteiger partial charge >= 0.3 is 0 Å². The molecule has 1 saturated carbocycles. The van der Waals surface area contributed by atoms with Crippen molar-refractivity contribution in [2.45, 2.75) is 63.1 Å². The monoisotopic (exact) mass is 252 g/mol. The fraction of sp³-hybridized carbons (Fsp3) is 0.929. The van der Waals surface area contributed by atoms with Crippen molar-refractivity contribution in [3.63, 3.8) is 0 Å². The quantitative estimate of drug-likeness (QED) is 0.764. The van der Waals surface area contributed by atoms with Gasteiger partial charge in [0, 0.05) is 31.3 Å². The zero-order valence-electron chi connectivity index (χ0n) is 11.0. The van der Waals surface area contributed by atoms with Gasteiger partial charge < -0.3 is 15.3 Å². The summed E-state index contributed by atoms with van der Waals surface area (Å²) in [6.07, 6.45) is 7.73. The maximum atomic E-state index is 12.7. The van der Waals surface area contributed by atoms with Gasteiger partial charge in [-0.05, 0) is 44.9 Å². The minimum atomic E-state index is 0.186. The van der Waals surface area contributed by atoms with Crippen molar-refractivity contribution in [1.29, 1.82) is 0 Å². The summed E-state index contributed by atoms with van der Waals surface area (Å²) in [6, 6.07) is 1.48. The molecular formula is C14H24N2O2. The lowest BCUT2D eigenvalue weighted by molar-refractivity contribution is -0.140. The van der Waals surface area contributed by atoms with Crippen LogP contribution < -0.4 is 5.32 Å². The van der Waals surface area contributed by atoms with E-state index in [4.69, 9.17) is 5.11 Å². The zero-order chi connectivity index (χ0) is 12.5. The van der Waals surface area contributed by atoms with Crippen LogP contribution in [0.3, 0.4) is 0 Å². The Hall–Kier alpha value is -0.610. The van der Waals surface area contributed by atoms with Gasteiger partial charge in [0.15, 0.2) is 0 Å². The highest BCUT2D eigenvalue weighted by atomic mass is 16.3. The van der Waals surface area contributed by atoms with E-state index in [9.17, 15) is 4.79 Å². The second-order valence-electron chi connectivity index (χ2n) is 6.08. The molecule has 0 aromatic rings. The van der Waals surface area contributed by atoms with Crippen molar-refractivity contribution in [1.82, 2.24) is 10.2 Å². The van der Waals surface area contributed by atoms with E-state index in [-0.39, 0.29) is 12.5 Å². The van der Waals surface area contributed by atoms with Gasteiger partial charge in [0.2, 0.25) is 5.91 Å². The molecule has 2 saturated heterocycles. The molecule has 102 valence electrons. The number of carbonyl (C=O) groups excluding carboxylic acids is 1. The molecule has 0 spiro atoms. The van der Waals surface area contributed by atoms with Crippen molar-refractivity contribution in [2.75, 3.05) is 13.2 Å². The van der Waals surface area contributed by atoms with E-state index < -0.39 is 0 Å². The third kappa shape index (κ3) is 2.16. The van der Waals surface area contributed by atoms with E-state index >= 15 is 0 Å². The fourth-order valence-corrected chi connectivity index (χ4v) is 3.72. The van der Waals surface area contributed by atoms with Gasteiger partial charge in [-0.15, -0.1) is 0 Å². The third-order valence-corrected chi connectivity index (χ3v) is 4.97. The van der Waals surface area contributed by atoms with Crippen molar-refractivity contribution >= 4 is 5.91 Å². The summed E-state index contributed by atoms with van der Waals surface area (Å²) in [5, 5.41) is 12.5. The van der Waals surface area contributed by atoms with Crippen LogP contribution in [0.1, 0.15) is 44.9 Å². The Kier molecular flexibility index (Phi) is 3.57. The smallest absolute Gasteiger partial charge is 0.227 e. The average Bonchev–Trinajstić information content (AvgIpc) is 2.93. The normalized spacial score (nSPS) is 34.6. The van der Waals surface area contributed by atoms with E-state index in [0.29, 0.717) is 24.0 Å². The minimum absolute atomic E-state index is 0.186. The minimum Gasteiger partial charge on any atom is -0.396 e. The highest BCUT2D eigenvalue weighted by Gasteiger charge is 2.45. The number of carbonyl (C=O) groups is 1. The van der Waals surface area contributed by atoms with Gasteiger partial charge in [-0.3, -0.25) is 4.79 Å². The largest absolute Gasteiger partial charge is 0.396 e. The standard InChI is InChI=1S/C14H24N2O2/c17-8-2-7-16(11-3-1-4-11)14(18)12-9-10-5-6-13(12)15-10/h10-13,15,17H,1-9H2. The molecule has 2 bridgehead atoms. The lowest BCUT2D eigenvalue weighted by atomic mass is 9.85. The first-order valence-electron chi connectivity index (χ1n) is 7.47. The highest BCUT2D eigenvalue weighted by molar-refractivity contribution is 5.80. The summed E-state index contributed by atoms with van der Waals surface area (Å²) in [4.78, 5) is 14.8. The Labute approximate surface area is 109 Å². The number of hydrogen-bond donors (Lipinski definition) is 2. The van der Waals surface area contributed by atoms with Crippen LogP contribution in [0.15, 0.2) is 0 Å². The number of nitrogens with one attached hydrogen (secondary N) is 1. The van der Waals surface area contributed by atoms with Crippen LogP contribution in [-0.4, -0.2) is 47.2 Å². The molecule has 18 heavy (non-hydrogen) atoms. The second kappa shape index (κ2) is 5.17. The van der Waals surface area contributed by atoms with Crippen molar-refractivity contribution in [2.24, 2.45) is 5.92 Å². The molecule has 3 atom stereocenters. The SMILES string of the molecule is O=C(C1CC2CCC1N2)N(CCCO)C1CCC1. The van der Waals surface area contributed by atoms with Crippen LogP contribution in [0.2, 0.25) is 0 Å². The highest BCUT2D eigenvalue weighted by Crippen LogP contribution is 2.36. The number of aliphatic hydroxyl groups excluding tert-OH is 1. The molecule has 2 heterocycles. The molecule has 2 N–H and O–H groups in total. The van der Waals surface area contributed by atoms with Gasteiger partial charge in [-0.25, -0.2) is 0 Å². The van der Waals surface area contributed by atoms with E-state index in [1.54, 1.807) is 0 Å². The van der Waals surface area contributed by atoms with Gasteiger partial charge in [-0.1, -0.05) is 0 Å². The first kappa shape index (κ1) is 12.4. The molecule has 0 aromatic carbocycles. The van der Waals surface area contributed by atoms with Gasteiger partial charge in [-0.2, -0.15) is 0 Å². The summed E-state index contributed by atoms with van der Waals surface area (Å²) >= 11 is 0. The van der Waals surface area contributed by atoms with E-state index in [2.05, 4.69) is 10.2 Å². The molecule has 3 rings (SSSR count).